The molecule has 0 heterocycles. The normalized spacial score (nSPS) is 12.5. The number of halogens is 1. The highest BCUT2D eigenvalue weighted by Gasteiger charge is 1.73. The molecule has 0 radical (unpaired) electrons. The summed E-state index contributed by atoms with van der Waals surface area (Å²) < 4.78 is 0. The fraction of sp³-hybridized carbons (Fsp3) is 0.143. The Labute approximate surface area is 55.2 Å². The van der Waals surface area contributed by atoms with E-state index >= 15 is 0 Å². The van der Waals surface area contributed by atoms with E-state index in [2.05, 4.69) is 6.58 Å². The number of allylic oxidation sites excluding steroid dienone is 5. The van der Waals surface area contributed by atoms with Crippen LogP contribution in [0.15, 0.2) is 35.9 Å². The molecule has 0 aliphatic heterocycles. The van der Waals surface area contributed by atoms with Crippen molar-refractivity contribution in [2.24, 2.45) is 0 Å². The van der Waals surface area contributed by atoms with Crippen LogP contribution in [0.4, 0.5) is 0 Å². The van der Waals surface area contributed by atoms with Crippen LogP contribution in [0.25, 0.3) is 0 Å². The van der Waals surface area contributed by atoms with Crippen LogP contribution in [-0.2, 0) is 0 Å². The molecule has 0 rings (SSSR count). The third-order valence-corrected chi connectivity index (χ3v) is 0.923. The van der Waals surface area contributed by atoms with Crippen LogP contribution in [0.2, 0.25) is 0 Å². The predicted molar refractivity (Wildman–Crippen MR) is 38.9 cm³/mol. The summed E-state index contributed by atoms with van der Waals surface area (Å²) in [6, 6.07) is 0. The highest BCUT2D eigenvalue weighted by molar-refractivity contribution is 6.31. The Hall–Kier alpha value is -0.490. The van der Waals surface area contributed by atoms with Crippen LogP contribution < -0.4 is 0 Å². The first-order chi connectivity index (χ1) is 3.81. The first-order valence-corrected chi connectivity index (χ1v) is 2.80. The zero-order valence-electron chi connectivity index (χ0n) is 4.89. The van der Waals surface area contributed by atoms with Crippen LogP contribution >= 0.6 is 11.6 Å². The molecule has 0 aliphatic rings. The SMILES string of the molecule is C=CC(Cl)=CC=CC. The summed E-state index contributed by atoms with van der Waals surface area (Å²) in [6.45, 7) is 5.41. The first kappa shape index (κ1) is 7.51. The minimum absolute atomic E-state index is 0.670. The second-order valence-corrected chi connectivity index (χ2v) is 1.72. The van der Waals surface area contributed by atoms with Gasteiger partial charge in [-0.2, -0.15) is 0 Å². The molecule has 0 aliphatic carbocycles. The van der Waals surface area contributed by atoms with E-state index in [1.54, 1.807) is 12.2 Å². The van der Waals surface area contributed by atoms with Crippen molar-refractivity contribution in [1.29, 1.82) is 0 Å². The van der Waals surface area contributed by atoms with E-state index in [1.807, 2.05) is 19.1 Å². The van der Waals surface area contributed by atoms with Gasteiger partial charge in [0.15, 0.2) is 0 Å². The van der Waals surface area contributed by atoms with Crippen LogP contribution in [0.3, 0.4) is 0 Å². The molecular formula is C7H9Cl. The smallest absolute Gasteiger partial charge is 0.0399 e. The van der Waals surface area contributed by atoms with Gasteiger partial charge in [0.25, 0.3) is 0 Å². The van der Waals surface area contributed by atoms with Crippen molar-refractivity contribution < 1.29 is 0 Å². The van der Waals surface area contributed by atoms with Crippen molar-refractivity contribution in [2.75, 3.05) is 0 Å². The zero-order valence-corrected chi connectivity index (χ0v) is 5.65. The van der Waals surface area contributed by atoms with E-state index in [1.165, 1.54) is 0 Å². The second kappa shape index (κ2) is 4.66. The number of rotatable bonds is 2. The van der Waals surface area contributed by atoms with E-state index in [0.29, 0.717) is 5.03 Å². The van der Waals surface area contributed by atoms with Crippen molar-refractivity contribution in [3.63, 3.8) is 0 Å². The summed E-state index contributed by atoms with van der Waals surface area (Å²) in [5.74, 6) is 0. The van der Waals surface area contributed by atoms with Crippen molar-refractivity contribution in [2.45, 2.75) is 6.92 Å². The predicted octanol–water partition coefficient (Wildman–Crippen LogP) is 2.87. The van der Waals surface area contributed by atoms with Crippen LogP contribution in [0.5, 0.6) is 0 Å². The molecule has 8 heavy (non-hydrogen) atoms. The summed E-state index contributed by atoms with van der Waals surface area (Å²) in [4.78, 5) is 0. The lowest BCUT2D eigenvalue weighted by molar-refractivity contribution is 1.72. The van der Waals surface area contributed by atoms with Gasteiger partial charge in [0.2, 0.25) is 0 Å². The Morgan fingerprint density at radius 1 is 1.62 bits per heavy atom. The van der Waals surface area contributed by atoms with Crippen LogP contribution in [0, 0.1) is 0 Å². The fourth-order valence-corrected chi connectivity index (χ4v) is 0.329. The van der Waals surface area contributed by atoms with Gasteiger partial charge in [-0.15, -0.1) is 0 Å². The highest BCUT2D eigenvalue weighted by atomic mass is 35.5. The van der Waals surface area contributed by atoms with Gasteiger partial charge in [-0.05, 0) is 13.0 Å². The van der Waals surface area contributed by atoms with Gasteiger partial charge < -0.3 is 0 Å². The van der Waals surface area contributed by atoms with Crippen molar-refractivity contribution >= 4 is 11.6 Å². The molecule has 0 spiro atoms. The van der Waals surface area contributed by atoms with E-state index in [4.69, 9.17) is 11.6 Å². The molecule has 0 saturated heterocycles. The van der Waals surface area contributed by atoms with Gasteiger partial charge in [0, 0.05) is 5.03 Å². The molecule has 0 atom stereocenters. The molecule has 0 aromatic rings. The summed E-state index contributed by atoms with van der Waals surface area (Å²) >= 11 is 5.54. The Bertz CT molecular complexity index is 120. The van der Waals surface area contributed by atoms with E-state index in [-0.39, 0.29) is 0 Å². The summed E-state index contributed by atoms with van der Waals surface area (Å²) in [5.41, 5.74) is 0. The molecule has 0 aromatic heterocycles. The van der Waals surface area contributed by atoms with Gasteiger partial charge in [-0.1, -0.05) is 36.4 Å². The molecular weight excluding hydrogens is 120 g/mol. The monoisotopic (exact) mass is 128 g/mol. The summed E-state index contributed by atoms with van der Waals surface area (Å²) in [5, 5.41) is 0.670. The Morgan fingerprint density at radius 2 is 2.25 bits per heavy atom. The third kappa shape index (κ3) is 3.69. The maximum atomic E-state index is 5.54. The number of hydrogen-bond donors (Lipinski definition) is 0. The van der Waals surface area contributed by atoms with E-state index < -0.39 is 0 Å². The second-order valence-electron chi connectivity index (χ2n) is 1.28. The molecule has 0 aromatic carbocycles. The standard InChI is InChI=1S/C7H9Cl/c1-3-5-6-7(8)4-2/h3-6H,2H2,1H3. The minimum Gasteiger partial charge on any atom is -0.0976 e. The molecule has 44 valence electrons. The van der Waals surface area contributed by atoms with E-state index in [0.717, 1.165) is 0 Å². The van der Waals surface area contributed by atoms with E-state index in [9.17, 15) is 0 Å². The Balaban J connectivity index is 3.74. The largest absolute Gasteiger partial charge is 0.0976 e. The van der Waals surface area contributed by atoms with Crippen LogP contribution in [0.1, 0.15) is 6.92 Å². The maximum Gasteiger partial charge on any atom is 0.0399 e. The van der Waals surface area contributed by atoms with Crippen LogP contribution in [-0.4, -0.2) is 0 Å². The maximum absolute atomic E-state index is 5.54. The quantitative estimate of drug-likeness (QED) is 0.502. The van der Waals surface area contributed by atoms with Gasteiger partial charge in [-0.3, -0.25) is 0 Å². The lowest BCUT2D eigenvalue weighted by Gasteiger charge is -1.78. The molecule has 0 amide bonds. The van der Waals surface area contributed by atoms with Crippen molar-refractivity contribution in [1.82, 2.24) is 0 Å². The average molecular weight is 129 g/mol. The third-order valence-electron chi connectivity index (χ3n) is 0.643. The first-order valence-electron chi connectivity index (χ1n) is 2.42. The molecule has 1 heteroatoms. The lowest BCUT2D eigenvalue weighted by atomic mass is 10.4. The van der Waals surface area contributed by atoms with Gasteiger partial charge in [-0.25, -0.2) is 0 Å². The number of hydrogen-bond acceptors (Lipinski definition) is 0. The molecule has 0 N–H and O–H groups in total. The zero-order chi connectivity index (χ0) is 6.41. The van der Waals surface area contributed by atoms with Gasteiger partial charge >= 0.3 is 0 Å². The Kier molecular flexibility index (Phi) is 4.38. The summed E-state index contributed by atoms with van der Waals surface area (Å²) in [6.07, 6.45) is 7.16. The van der Waals surface area contributed by atoms with Crippen molar-refractivity contribution in [3.05, 3.63) is 35.9 Å². The van der Waals surface area contributed by atoms with Gasteiger partial charge in [0.1, 0.15) is 0 Å². The lowest BCUT2D eigenvalue weighted by Crippen LogP contribution is -1.55. The Morgan fingerprint density at radius 3 is 2.62 bits per heavy atom. The topological polar surface area (TPSA) is 0 Å². The molecule has 0 nitrogen and oxygen atoms in total. The fourth-order valence-electron chi connectivity index (χ4n) is 0.256. The minimum atomic E-state index is 0.670. The summed E-state index contributed by atoms with van der Waals surface area (Å²) in [7, 11) is 0. The molecule has 0 unspecified atom stereocenters. The van der Waals surface area contributed by atoms with Crippen molar-refractivity contribution in [3.8, 4) is 0 Å². The average Bonchev–Trinajstić information content (AvgIpc) is 1.83. The molecule has 0 fully saturated rings. The molecule has 0 bridgehead atoms. The highest BCUT2D eigenvalue weighted by Crippen LogP contribution is 2.00. The van der Waals surface area contributed by atoms with Gasteiger partial charge in [0.05, 0.1) is 0 Å². The molecule has 0 saturated carbocycles.